The molecule has 2 heterocycles. The lowest BCUT2D eigenvalue weighted by molar-refractivity contribution is -0.00429. The number of aliphatic hydroxyl groups is 1. The van der Waals surface area contributed by atoms with E-state index in [1.54, 1.807) is 6.07 Å². The fourth-order valence-corrected chi connectivity index (χ4v) is 6.48. The summed E-state index contributed by atoms with van der Waals surface area (Å²) >= 11 is 5.36. The van der Waals surface area contributed by atoms with Crippen molar-refractivity contribution >= 4 is 56.1 Å². The zero-order chi connectivity index (χ0) is 30.0. The summed E-state index contributed by atoms with van der Waals surface area (Å²) in [7, 11) is 0. The number of carbonyl (C=O) groups excluding carboxylic acids is 3. The van der Waals surface area contributed by atoms with Crippen LogP contribution in [0.5, 0.6) is 0 Å². The highest BCUT2D eigenvalue weighted by molar-refractivity contribution is 6.61. The van der Waals surface area contributed by atoms with Gasteiger partial charge in [0.1, 0.15) is 5.71 Å². The van der Waals surface area contributed by atoms with Gasteiger partial charge in [0.05, 0.1) is 24.9 Å². The van der Waals surface area contributed by atoms with Crippen molar-refractivity contribution in [1.82, 2.24) is 9.47 Å². The molecule has 2 aromatic carbocycles. The molecule has 1 saturated heterocycles. The van der Waals surface area contributed by atoms with Crippen LogP contribution in [0, 0.1) is 5.92 Å². The van der Waals surface area contributed by atoms with Gasteiger partial charge in [-0.2, -0.15) is 0 Å². The van der Waals surface area contributed by atoms with Crippen LogP contribution in [0.2, 0.25) is 0 Å². The van der Waals surface area contributed by atoms with Crippen LogP contribution < -0.4 is 0 Å². The molecule has 2 atom stereocenters. The molecule has 2 unspecified atom stereocenters. The minimum absolute atomic E-state index is 0.0271. The maximum Gasteiger partial charge on any atom is 0.429 e. The van der Waals surface area contributed by atoms with E-state index in [-0.39, 0.29) is 23.8 Å². The van der Waals surface area contributed by atoms with E-state index >= 15 is 0 Å². The van der Waals surface area contributed by atoms with Crippen molar-refractivity contribution < 1.29 is 29.1 Å². The molecule has 3 aromatic rings. The molecule has 1 aliphatic heterocycles. The van der Waals surface area contributed by atoms with Crippen LogP contribution in [-0.4, -0.2) is 75.2 Å². The van der Waals surface area contributed by atoms with Crippen molar-refractivity contribution in [1.29, 1.82) is 0 Å². The summed E-state index contributed by atoms with van der Waals surface area (Å²) < 4.78 is 7.64. The Balaban J connectivity index is 1.53. The molecule has 2 fully saturated rings. The number of hydrogen-bond acceptors (Lipinski definition) is 8. The molecule has 1 N–H and O–H groups in total. The molecule has 5 rings (SSSR count). The highest BCUT2D eigenvalue weighted by atomic mass is 35.5. The number of halogens is 1. The quantitative estimate of drug-likeness (QED) is 0.107. The van der Waals surface area contributed by atoms with Crippen molar-refractivity contribution in [3.63, 3.8) is 0 Å². The van der Waals surface area contributed by atoms with Crippen molar-refractivity contribution in [3.05, 3.63) is 47.5 Å². The van der Waals surface area contributed by atoms with Gasteiger partial charge in [-0.1, -0.05) is 18.0 Å². The summed E-state index contributed by atoms with van der Waals surface area (Å²) in [6.45, 7) is 9.27. The van der Waals surface area contributed by atoms with Gasteiger partial charge in [0, 0.05) is 70.6 Å². The van der Waals surface area contributed by atoms with Gasteiger partial charge in [-0.3, -0.25) is 14.5 Å². The fourth-order valence-electron chi connectivity index (χ4n) is 6.45. The maximum absolute atomic E-state index is 13.8. The first-order valence-corrected chi connectivity index (χ1v) is 15.1. The zero-order valence-electron chi connectivity index (χ0n) is 24.4. The Morgan fingerprint density at radius 1 is 1.02 bits per heavy atom. The zero-order valence-corrected chi connectivity index (χ0v) is 25.2. The molecular formula is C32H38ClN3O6. The molecule has 1 aromatic heterocycles. The van der Waals surface area contributed by atoms with E-state index in [9.17, 15) is 19.5 Å². The van der Waals surface area contributed by atoms with Crippen molar-refractivity contribution in [2.24, 2.45) is 11.1 Å². The van der Waals surface area contributed by atoms with E-state index in [0.717, 1.165) is 41.1 Å². The third kappa shape index (κ3) is 6.01. The minimum atomic E-state index is -1.14. The second kappa shape index (κ2) is 12.6. The largest absolute Gasteiger partial charge is 0.429 e. The number of fused-ring (bicyclic) bond motifs is 3. The van der Waals surface area contributed by atoms with Crippen LogP contribution in [0.15, 0.2) is 41.6 Å². The van der Waals surface area contributed by atoms with Gasteiger partial charge in [0.25, 0.3) is 0 Å². The number of oxime groups is 1. The number of ether oxygens (including phenoxy) is 1. The number of carbonyl (C=O) groups is 3. The molecule has 0 bridgehead atoms. The molecule has 9 nitrogen and oxygen atoms in total. The Morgan fingerprint density at radius 2 is 1.64 bits per heavy atom. The normalized spacial score (nSPS) is 20.6. The van der Waals surface area contributed by atoms with Gasteiger partial charge < -0.3 is 19.2 Å². The van der Waals surface area contributed by atoms with Crippen molar-refractivity contribution in [3.8, 4) is 0 Å². The lowest BCUT2D eigenvalue weighted by Gasteiger charge is -2.39. The van der Waals surface area contributed by atoms with Crippen LogP contribution in [0.3, 0.4) is 0 Å². The summed E-state index contributed by atoms with van der Waals surface area (Å²) in [5.74, 6) is -0.533. The second-order valence-electron chi connectivity index (χ2n) is 11.7. The Kier molecular flexibility index (Phi) is 9.13. The van der Waals surface area contributed by atoms with E-state index in [1.807, 2.05) is 44.2 Å². The molecule has 224 valence electrons. The number of aliphatic hydroxyl groups excluding tert-OH is 1. The summed E-state index contributed by atoms with van der Waals surface area (Å²) in [4.78, 5) is 45.7. The van der Waals surface area contributed by atoms with Crippen LogP contribution in [0.25, 0.3) is 21.8 Å². The summed E-state index contributed by atoms with van der Waals surface area (Å²) in [5, 5.41) is 16.0. The van der Waals surface area contributed by atoms with Gasteiger partial charge in [0.15, 0.2) is 5.78 Å². The lowest BCUT2D eigenvalue weighted by atomic mass is 9.82. The van der Waals surface area contributed by atoms with Gasteiger partial charge >= 0.3 is 5.43 Å². The standard InChI is InChI=1S/C32H38ClN3O6/c1-4-36-26-11-9-21(29(38)25(34-42-31(33)40)19-20-7-5-6-8-28(20)37)17-23(26)24-18-22(10-12-27(24)36)30(39)32(2,3)35-13-15-41-16-14-35/h9-12,17-18,20,28,37H,4-8,13-16,19H2,1-3H3/b34-25+. The summed E-state index contributed by atoms with van der Waals surface area (Å²) in [5.41, 5.74) is 1.09. The molecule has 0 spiro atoms. The predicted molar refractivity (Wildman–Crippen MR) is 163 cm³/mol. The number of aromatic nitrogens is 1. The van der Waals surface area contributed by atoms with E-state index < -0.39 is 22.9 Å². The average molecular weight is 596 g/mol. The van der Waals surface area contributed by atoms with E-state index in [0.29, 0.717) is 50.4 Å². The van der Waals surface area contributed by atoms with E-state index in [1.165, 1.54) is 0 Å². The lowest BCUT2D eigenvalue weighted by Crippen LogP contribution is -2.54. The van der Waals surface area contributed by atoms with Crippen LogP contribution in [0.4, 0.5) is 4.79 Å². The molecular weight excluding hydrogens is 558 g/mol. The Bertz CT molecular complexity index is 1540. The van der Waals surface area contributed by atoms with Crippen LogP contribution in [-0.2, 0) is 16.1 Å². The summed E-state index contributed by atoms with van der Waals surface area (Å²) in [6, 6.07) is 11.2. The molecule has 2 aliphatic rings. The predicted octanol–water partition coefficient (Wildman–Crippen LogP) is 5.96. The molecule has 0 amide bonds. The Labute approximate surface area is 250 Å². The van der Waals surface area contributed by atoms with Crippen molar-refractivity contribution in [2.75, 3.05) is 26.3 Å². The van der Waals surface area contributed by atoms with Gasteiger partial charge in [-0.05, 0) is 75.9 Å². The Hall–Kier alpha value is -3.11. The SMILES string of the molecule is CCn1c2ccc(C(=O)/C(CC3CCCCC3O)=N/OC(=O)Cl)cc2c2cc(C(=O)C(C)(C)N3CCOCC3)ccc21. The number of benzene rings is 2. The highest BCUT2D eigenvalue weighted by Crippen LogP contribution is 2.33. The molecule has 1 saturated carbocycles. The van der Waals surface area contributed by atoms with Gasteiger partial charge in [-0.25, -0.2) is 4.79 Å². The van der Waals surface area contributed by atoms with E-state index in [4.69, 9.17) is 16.3 Å². The number of Topliss-reactive ketones (excluding diaryl/α,β-unsaturated/α-hetero) is 2. The first-order chi connectivity index (χ1) is 20.1. The number of nitrogens with zero attached hydrogens (tertiary/aromatic N) is 3. The van der Waals surface area contributed by atoms with E-state index in [2.05, 4.69) is 26.4 Å². The fraction of sp³-hybridized carbons (Fsp3) is 0.500. The number of morpholine rings is 1. The second-order valence-corrected chi connectivity index (χ2v) is 12.0. The first-order valence-electron chi connectivity index (χ1n) is 14.7. The molecule has 1 aliphatic carbocycles. The van der Waals surface area contributed by atoms with Gasteiger partial charge in [0.2, 0.25) is 5.78 Å². The third-order valence-corrected chi connectivity index (χ3v) is 8.95. The number of ketones is 2. The first kappa shape index (κ1) is 30.4. The highest BCUT2D eigenvalue weighted by Gasteiger charge is 2.36. The van der Waals surface area contributed by atoms with Gasteiger partial charge in [-0.15, -0.1) is 0 Å². The number of hydrogen-bond donors (Lipinski definition) is 1. The smallest absolute Gasteiger partial charge is 0.393 e. The topological polar surface area (TPSA) is 110 Å². The van der Waals surface area contributed by atoms with Crippen molar-refractivity contribution in [2.45, 2.75) is 71.1 Å². The number of aryl methyl sites for hydroxylation is 1. The van der Waals surface area contributed by atoms with Crippen LogP contribution >= 0.6 is 11.6 Å². The molecule has 10 heteroatoms. The monoisotopic (exact) mass is 595 g/mol. The minimum Gasteiger partial charge on any atom is -0.393 e. The molecule has 42 heavy (non-hydrogen) atoms. The van der Waals surface area contributed by atoms with Crippen LogP contribution in [0.1, 0.15) is 73.6 Å². The molecule has 0 radical (unpaired) electrons. The maximum atomic E-state index is 13.8. The number of rotatable bonds is 9. The summed E-state index contributed by atoms with van der Waals surface area (Å²) in [6.07, 6.45) is 2.92. The Morgan fingerprint density at radius 3 is 2.26 bits per heavy atom. The third-order valence-electron chi connectivity index (χ3n) is 8.88. The average Bonchev–Trinajstić information content (AvgIpc) is 3.31.